The smallest absolute Gasteiger partial charge is 0.228 e. The molecular weight excluding hydrogens is 290 g/mol. The Morgan fingerprint density at radius 1 is 1.48 bits per heavy atom. The molecular formula is C15H22ClN3O2. The Labute approximate surface area is 131 Å². The molecule has 1 aromatic rings. The summed E-state index contributed by atoms with van der Waals surface area (Å²) in [7, 11) is 0. The van der Waals surface area contributed by atoms with Crippen molar-refractivity contribution in [3.63, 3.8) is 0 Å². The number of hydrogen-bond donors (Lipinski definition) is 3. The van der Waals surface area contributed by atoms with Gasteiger partial charge < -0.3 is 16.4 Å². The maximum Gasteiger partial charge on any atom is 0.228 e. The van der Waals surface area contributed by atoms with E-state index in [4.69, 9.17) is 5.73 Å². The predicted octanol–water partition coefficient (Wildman–Crippen LogP) is 1.39. The largest absolute Gasteiger partial charge is 0.352 e. The number of benzene rings is 1. The molecule has 0 saturated carbocycles. The minimum Gasteiger partial charge on any atom is -0.352 e. The zero-order valence-electron chi connectivity index (χ0n) is 12.1. The van der Waals surface area contributed by atoms with Gasteiger partial charge in [0.25, 0.3) is 0 Å². The summed E-state index contributed by atoms with van der Waals surface area (Å²) >= 11 is 0. The van der Waals surface area contributed by atoms with Gasteiger partial charge in [-0.15, -0.1) is 12.4 Å². The van der Waals surface area contributed by atoms with Gasteiger partial charge in [0.05, 0.1) is 6.42 Å². The van der Waals surface area contributed by atoms with E-state index >= 15 is 0 Å². The fourth-order valence-corrected chi connectivity index (χ4v) is 2.30. The molecule has 116 valence electrons. The first-order valence-corrected chi connectivity index (χ1v) is 6.99. The number of rotatable bonds is 6. The van der Waals surface area contributed by atoms with Crippen molar-refractivity contribution in [3.05, 3.63) is 29.3 Å². The van der Waals surface area contributed by atoms with Crippen molar-refractivity contribution < 1.29 is 9.59 Å². The van der Waals surface area contributed by atoms with Crippen LogP contribution in [0.4, 0.5) is 5.69 Å². The van der Waals surface area contributed by atoms with Crippen LogP contribution >= 0.6 is 12.4 Å². The van der Waals surface area contributed by atoms with Gasteiger partial charge in [0.2, 0.25) is 11.8 Å². The Bertz CT molecular complexity index is 520. The number of carbonyl (C=O) groups excluding carboxylic acids is 2. The maximum atomic E-state index is 11.6. The van der Waals surface area contributed by atoms with Crippen LogP contribution in [0.15, 0.2) is 18.2 Å². The van der Waals surface area contributed by atoms with Crippen LogP contribution in [-0.2, 0) is 22.4 Å². The molecule has 0 unspecified atom stereocenters. The third-order valence-electron chi connectivity index (χ3n) is 3.42. The molecule has 0 radical (unpaired) electrons. The molecule has 0 saturated heterocycles. The standard InChI is InChI=1S/C15H21N3O2.ClH/c1-10(9-16)17-14(19)4-2-3-11-5-6-13-12(7-11)8-15(20)18-13;/h5-7,10H,2-4,8-9,16H2,1H3,(H,17,19)(H,18,20);1H/t10-;/m0./s1. The summed E-state index contributed by atoms with van der Waals surface area (Å²) in [5.74, 6) is 0.0910. The van der Waals surface area contributed by atoms with Crippen molar-refractivity contribution >= 4 is 29.9 Å². The Morgan fingerprint density at radius 3 is 2.95 bits per heavy atom. The summed E-state index contributed by atoms with van der Waals surface area (Å²) < 4.78 is 0. The third-order valence-corrected chi connectivity index (χ3v) is 3.42. The lowest BCUT2D eigenvalue weighted by Crippen LogP contribution is -2.37. The number of halogens is 1. The average molecular weight is 312 g/mol. The van der Waals surface area contributed by atoms with Crippen LogP contribution in [0.3, 0.4) is 0 Å². The molecule has 0 spiro atoms. The molecule has 1 atom stereocenters. The highest BCUT2D eigenvalue weighted by Gasteiger charge is 2.17. The summed E-state index contributed by atoms with van der Waals surface area (Å²) in [5, 5.41) is 5.66. The number of nitrogens with two attached hydrogens (primary N) is 1. The summed E-state index contributed by atoms with van der Waals surface area (Å²) in [6.45, 7) is 2.35. The van der Waals surface area contributed by atoms with E-state index in [2.05, 4.69) is 10.6 Å². The zero-order chi connectivity index (χ0) is 14.5. The van der Waals surface area contributed by atoms with E-state index in [0.29, 0.717) is 19.4 Å². The molecule has 0 bridgehead atoms. The molecule has 4 N–H and O–H groups in total. The van der Waals surface area contributed by atoms with Crippen molar-refractivity contribution in [2.24, 2.45) is 5.73 Å². The monoisotopic (exact) mass is 311 g/mol. The first-order valence-electron chi connectivity index (χ1n) is 6.99. The fourth-order valence-electron chi connectivity index (χ4n) is 2.30. The van der Waals surface area contributed by atoms with Crippen molar-refractivity contribution in [3.8, 4) is 0 Å². The molecule has 5 nitrogen and oxygen atoms in total. The van der Waals surface area contributed by atoms with Gasteiger partial charge in [0.1, 0.15) is 0 Å². The van der Waals surface area contributed by atoms with E-state index in [9.17, 15) is 9.59 Å². The molecule has 1 aliphatic rings. The summed E-state index contributed by atoms with van der Waals surface area (Å²) in [5.41, 5.74) is 8.58. The second kappa shape index (κ2) is 8.00. The summed E-state index contributed by atoms with van der Waals surface area (Å²) in [4.78, 5) is 22.9. The number of nitrogens with one attached hydrogen (secondary N) is 2. The molecule has 21 heavy (non-hydrogen) atoms. The van der Waals surface area contributed by atoms with Gasteiger partial charge in [-0.3, -0.25) is 9.59 Å². The lowest BCUT2D eigenvalue weighted by atomic mass is 10.0. The van der Waals surface area contributed by atoms with E-state index in [-0.39, 0.29) is 30.3 Å². The Balaban J connectivity index is 0.00000220. The number of aryl methyl sites for hydroxylation is 1. The van der Waals surface area contributed by atoms with Crippen LogP contribution in [0.1, 0.15) is 30.9 Å². The van der Waals surface area contributed by atoms with Crippen LogP contribution in [0.25, 0.3) is 0 Å². The first kappa shape index (κ1) is 17.5. The Kier molecular flexibility index (Phi) is 6.65. The quantitative estimate of drug-likeness (QED) is 0.742. The topological polar surface area (TPSA) is 84.2 Å². The Morgan fingerprint density at radius 2 is 2.24 bits per heavy atom. The van der Waals surface area contributed by atoms with Gasteiger partial charge in [-0.25, -0.2) is 0 Å². The van der Waals surface area contributed by atoms with Gasteiger partial charge in [-0.2, -0.15) is 0 Å². The number of amides is 2. The zero-order valence-corrected chi connectivity index (χ0v) is 13.0. The Hall–Kier alpha value is -1.59. The normalized spacial score (nSPS) is 13.9. The summed E-state index contributed by atoms with van der Waals surface area (Å²) in [6, 6.07) is 6.02. The van der Waals surface area contributed by atoms with Crippen LogP contribution < -0.4 is 16.4 Å². The van der Waals surface area contributed by atoms with E-state index in [1.807, 2.05) is 25.1 Å². The van der Waals surface area contributed by atoms with Gasteiger partial charge in [0, 0.05) is 24.7 Å². The van der Waals surface area contributed by atoms with Gasteiger partial charge in [-0.05, 0) is 37.0 Å². The highest BCUT2D eigenvalue weighted by Crippen LogP contribution is 2.24. The SMILES string of the molecule is C[C@@H](CN)NC(=O)CCCc1ccc2c(c1)CC(=O)N2.Cl. The van der Waals surface area contributed by atoms with Crippen LogP contribution in [0.2, 0.25) is 0 Å². The fraction of sp³-hybridized carbons (Fsp3) is 0.467. The molecule has 1 heterocycles. The minimum atomic E-state index is 0. The van der Waals surface area contributed by atoms with Crippen molar-refractivity contribution in [1.82, 2.24) is 5.32 Å². The number of anilines is 1. The van der Waals surface area contributed by atoms with Crippen molar-refractivity contribution in [2.75, 3.05) is 11.9 Å². The molecule has 6 heteroatoms. The van der Waals surface area contributed by atoms with Gasteiger partial charge in [-0.1, -0.05) is 12.1 Å². The molecule has 1 aliphatic heterocycles. The molecule has 1 aromatic carbocycles. The van der Waals surface area contributed by atoms with E-state index in [1.165, 1.54) is 5.56 Å². The van der Waals surface area contributed by atoms with Gasteiger partial charge >= 0.3 is 0 Å². The molecule has 2 rings (SSSR count). The highest BCUT2D eigenvalue weighted by molar-refractivity contribution is 5.99. The van der Waals surface area contributed by atoms with Crippen molar-refractivity contribution in [1.29, 1.82) is 0 Å². The van der Waals surface area contributed by atoms with Crippen LogP contribution in [0.5, 0.6) is 0 Å². The van der Waals surface area contributed by atoms with E-state index in [1.54, 1.807) is 0 Å². The van der Waals surface area contributed by atoms with Gasteiger partial charge in [0.15, 0.2) is 0 Å². The first-order chi connectivity index (χ1) is 9.58. The number of hydrogen-bond acceptors (Lipinski definition) is 3. The molecule has 2 amide bonds. The lowest BCUT2D eigenvalue weighted by Gasteiger charge is -2.11. The highest BCUT2D eigenvalue weighted by atomic mass is 35.5. The molecule has 0 aromatic heterocycles. The van der Waals surface area contributed by atoms with E-state index in [0.717, 1.165) is 24.1 Å². The number of fused-ring (bicyclic) bond motifs is 1. The predicted molar refractivity (Wildman–Crippen MR) is 85.6 cm³/mol. The van der Waals surface area contributed by atoms with Crippen LogP contribution in [-0.4, -0.2) is 24.4 Å². The average Bonchev–Trinajstić information content (AvgIpc) is 2.77. The maximum absolute atomic E-state index is 11.6. The van der Waals surface area contributed by atoms with E-state index < -0.39 is 0 Å². The second-order valence-corrected chi connectivity index (χ2v) is 5.27. The molecule has 0 fully saturated rings. The summed E-state index contributed by atoms with van der Waals surface area (Å²) in [6.07, 6.45) is 2.59. The van der Waals surface area contributed by atoms with Crippen molar-refractivity contribution in [2.45, 2.75) is 38.6 Å². The second-order valence-electron chi connectivity index (χ2n) is 5.27. The van der Waals surface area contributed by atoms with Crippen LogP contribution in [0, 0.1) is 0 Å². The minimum absolute atomic E-state index is 0. The lowest BCUT2D eigenvalue weighted by molar-refractivity contribution is -0.121. The molecule has 0 aliphatic carbocycles. The number of carbonyl (C=O) groups is 2. The third kappa shape index (κ3) is 5.02.